The van der Waals surface area contributed by atoms with Crippen LogP contribution in [0.2, 0.25) is 0 Å². The van der Waals surface area contributed by atoms with Gasteiger partial charge in [0.05, 0.1) is 17.1 Å². The van der Waals surface area contributed by atoms with Gasteiger partial charge in [0, 0.05) is 44.8 Å². The van der Waals surface area contributed by atoms with Crippen molar-refractivity contribution in [1.29, 1.82) is 0 Å². The van der Waals surface area contributed by atoms with Gasteiger partial charge in [-0.1, -0.05) is 12.5 Å². The molecule has 0 N–H and O–H groups in total. The Morgan fingerprint density at radius 1 is 0.917 bits per heavy atom. The monoisotopic (exact) mass is 513 g/mol. The van der Waals surface area contributed by atoms with Gasteiger partial charge in [0.15, 0.2) is 5.82 Å². The molecule has 0 radical (unpaired) electrons. The molecule has 2 aliphatic rings. The Hall–Kier alpha value is -3.22. The highest BCUT2D eigenvalue weighted by molar-refractivity contribution is 7.89. The minimum atomic E-state index is -3.52. The summed E-state index contributed by atoms with van der Waals surface area (Å²) in [7, 11) is -3.52. The Morgan fingerprint density at radius 3 is 2.33 bits per heavy atom. The number of piperidine rings is 1. The molecule has 0 unspecified atom stereocenters. The van der Waals surface area contributed by atoms with Crippen LogP contribution in [0.1, 0.15) is 35.4 Å². The number of hydrogen-bond acceptors (Lipinski definition) is 7. The third-order valence-corrected chi connectivity index (χ3v) is 8.58. The zero-order chi connectivity index (χ0) is 25.1. The smallest absolute Gasteiger partial charge is 0.253 e. The topological polar surface area (TPSA) is 105 Å². The van der Waals surface area contributed by atoms with Crippen LogP contribution in [0.4, 0.5) is 4.39 Å². The summed E-state index contributed by atoms with van der Waals surface area (Å²) in [5, 5.41) is 11.8. The molecule has 3 aromatic rings. The SMILES string of the molecule is O=C(c1ccc(S(=O)(=O)N2CCCCC2)cc1)N1CCN(Cc2nnnn2-c2cccc(F)c2)CC1. The molecule has 0 spiro atoms. The van der Waals surface area contributed by atoms with Crippen molar-refractivity contribution < 1.29 is 17.6 Å². The van der Waals surface area contributed by atoms with Gasteiger partial charge >= 0.3 is 0 Å². The Morgan fingerprint density at radius 2 is 1.64 bits per heavy atom. The first kappa shape index (κ1) is 24.5. The number of carbonyl (C=O) groups excluding carboxylic acids is 1. The summed E-state index contributed by atoms with van der Waals surface area (Å²) < 4.78 is 42.4. The van der Waals surface area contributed by atoms with E-state index in [1.807, 2.05) is 0 Å². The second kappa shape index (κ2) is 10.4. The van der Waals surface area contributed by atoms with Crippen LogP contribution in [0.3, 0.4) is 0 Å². The summed E-state index contributed by atoms with van der Waals surface area (Å²) in [5.41, 5.74) is 1.02. The van der Waals surface area contributed by atoms with Gasteiger partial charge < -0.3 is 4.90 Å². The maximum atomic E-state index is 13.6. The van der Waals surface area contributed by atoms with Gasteiger partial charge in [0.2, 0.25) is 10.0 Å². The Bertz CT molecular complexity index is 1320. The van der Waals surface area contributed by atoms with Crippen LogP contribution in [0.5, 0.6) is 0 Å². The first-order chi connectivity index (χ1) is 17.4. The molecule has 10 nitrogen and oxygen atoms in total. The number of benzene rings is 2. The van der Waals surface area contributed by atoms with Crippen molar-refractivity contribution in [2.24, 2.45) is 0 Å². The van der Waals surface area contributed by atoms with Gasteiger partial charge in [-0.25, -0.2) is 12.8 Å². The Labute approximate surface area is 209 Å². The third kappa shape index (κ3) is 5.15. The quantitative estimate of drug-likeness (QED) is 0.496. The predicted octanol–water partition coefficient (Wildman–Crippen LogP) is 1.93. The maximum Gasteiger partial charge on any atom is 0.253 e. The molecule has 2 aromatic carbocycles. The molecule has 1 amide bonds. The fourth-order valence-electron chi connectivity index (χ4n) is 4.63. The number of amides is 1. The Balaban J connectivity index is 1.18. The van der Waals surface area contributed by atoms with E-state index in [0.29, 0.717) is 62.9 Å². The molecule has 12 heteroatoms. The lowest BCUT2D eigenvalue weighted by Gasteiger charge is -2.34. The van der Waals surface area contributed by atoms with Crippen LogP contribution in [-0.2, 0) is 16.6 Å². The lowest BCUT2D eigenvalue weighted by molar-refractivity contribution is 0.0624. The summed E-state index contributed by atoms with van der Waals surface area (Å²) in [4.78, 5) is 17.2. The Kier molecular flexibility index (Phi) is 7.08. The molecule has 0 aliphatic carbocycles. The highest BCUT2D eigenvalue weighted by Crippen LogP contribution is 2.21. The summed E-state index contributed by atoms with van der Waals surface area (Å²) in [6.45, 7) is 3.85. The summed E-state index contributed by atoms with van der Waals surface area (Å²) in [6, 6.07) is 12.3. The minimum Gasteiger partial charge on any atom is -0.336 e. The summed E-state index contributed by atoms with van der Waals surface area (Å²) in [5.74, 6) is 0.102. The number of sulfonamides is 1. The van der Waals surface area contributed by atoms with Gasteiger partial charge in [-0.3, -0.25) is 9.69 Å². The van der Waals surface area contributed by atoms with Crippen LogP contribution in [-0.4, -0.2) is 87.9 Å². The van der Waals surface area contributed by atoms with Crippen LogP contribution in [0, 0.1) is 5.82 Å². The van der Waals surface area contributed by atoms with E-state index < -0.39 is 10.0 Å². The van der Waals surface area contributed by atoms with Crippen LogP contribution < -0.4 is 0 Å². The number of halogens is 1. The highest BCUT2D eigenvalue weighted by atomic mass is 32.2. The molecule has 190 valence electrons. The molecule has 36 heavy (non-hydrogen) atoms. The van der Waals surface area contributed by atoms with Crippen LogP contribution >= 0.6 is 0 Å². The average molecular weight is 514 g/mol. The second-order valence-electron chi connectivity index (χ2n) is 9.04. The lowest BCUT2D eigenvalue weighted by Crippen LogP contribution is -2.48. The largest absolute Gasteiger partial charge is 0.336 e. The molecule has 2 fully saturated rings. The number of rotatable bonds is 6. The zero-order valence-corrected chi connectivity index (χ0v) is 20.6. The standard InChI is InChI=1S/C24H28FN7O3S/c25-20-5-4-6-21(17-20)32-23(26-27-28-32)18-29-13-15-30(16-14-29)24(33)19-7-9-22(10-8-19)36(34,35)31-11-2-1-3-12-31/h4-10,17H,1-3,11-16,18H2. The highest BCUT2D eigenvalue weighted by Gasteiger charge is 2.27. The first-order valence-electron chi connectivity index (χ1n) is 12.1. The number of nitrogens with zero attached hydrogens (tertiary/aromatic N) is 7. The molecule has 5 rings (SSSR count). The van der Waals surface area contributed by atoms with Gasteiger partial charge in [0.25, 0.3) is 5.91 Å². The molecular weight excluding hydrogens is 485 g/mol. The molecule has 3 heterocycles. The minimum absolute atomic E-state index is 0.124. The number of aromatic nitrogens is 4. The van der Waals surface area contributed by atoms with E-state index in [0.717, 1.165) is 19.3 Å². The van der Waals surface area contributed by atoms with Gasteiger partial charge in [-0.15, -0.1) is 5.10 Å². The summed E-state index contributed by atoms with van der Waals surface area (Å²) in [6.07, 6.45) is 2.81. The molecular formula is C24H28FN7O3S. The number of piperazine rings is 1. The molecule has 1 aromatic heterocycles. The van der Waals surface area contributed by atoms with Crippen molar-refractivity contribution in [3.63, 3.8) is 0 Å². The van der Waals surface area contributed by atoms with Crippen molar-refractivity contribution in [1.82, 2.24) is 34.3 Å². The van der Waals surface area contributed by atoms with Crippen LogP contribution in [0.15, 0.2) is 53.4 Å². The number of carbonyl (C=O) groups is 1. The molecule has 0 atom stereocenters. The average Bonchev–Trinajstić information content (AvgIpc) is 3.37. The van der Waals surface area contributed by atoms with Crippen molar-refractivity contribution >= 4 is 15.9 Å². The fraction of sp³-hybridized carbons (Fsp3) is 0.417. The van der Waals surface area contributed by atoms with E-state index in [-0.39, 0.29) is 16.6 Å². The maximum absolute atomic E-state index is 13.6. The van der Waals surface area contributed by atoms with E-state index in [4.69, 9.17) is 0 Å². The number of tetrazole rings is 1. The van der Waals surface area contributed by atoms with Crippen molar-refractivity contribution in [3.05, 3.63) is 65.7 Å². The zero-order valence-electron chi connectivity index (χ0n) is 19.8. The van der Waals surface area contributed by atoms with E-state index in [1.54, 1.807) is 29.2 Å². The first-order valence-corrected chi connectivity index (χ1v) is 13.5. The van der Waals surface area contributed by atoms with Crippen LogP contribution in [0.25, 0.3) is 5.69 Å². The molecule has 2 saturated heterocycles. The second-order valence-corrected chi connectivity index (χ2v) is 11.0. The van der Waals surface area contributed by atoms with Gasteiger partial charge in [-0.05, 0) is 65.7 Å². The molecule has 2 aliphatic heterocycles. The van der Waals surface area contributed by atoms with Gasteiger partial charge in [0.1, 0.15) is 5.82 Å². The molecule has 0 bridgehead atoms. The van der Waals surface area contributed by atoms with Crippen molar-refractivity contribution in [3.8, 4) is 5.69 Å². The fourth-order valence-corrected chi connectivity index (χ4v) is 6.15. The van der Waals surface area contributed by atoms with E-state index in [1.165, 1.54) is 33.3 Å². The van der Waals surface area contributed by atoms with E-state index in [9.17, 15) is 17.6 Å². The van der Waals surface area contributed by atoms with E-state index in [2.05, 4.69) is 20.4 Å². The lowest BCUT2D eigenvalue weighted by atomic mass is 10.2. The third-order valence-electron chi connectivity index (χ3n) is 6.67. The van der Waals surface area contributed by atoms with Gasteiger partial charge in [-0.2, -0.15) is 8.99 Å². The predicted molar refractivity (Wildman–Crippen MR) is 129 cm³/mol. The normalized spacial score (nSPS) is 17.9. The van der Waals surface area contributed by atoms with Crippen molar-refractivity contribution in [2.75, 3.05) is 39.3 Å². The molecule has 0 saturated carbocycles. The van der Waals surface area contributed by atoms with Crippen molar-refractivity contribution in [2.45, 2.75) is 30.7 Å². The number of hydrogen-bond donors (Lipinski definition) is 0. The van der Waals surface area contributed by atoms with E-state index >= 15 is 0 Å². The summed E-state index contributed by atoms with van der Waals surface area (Å²) >= 11 is 0.